The number of sulfonamides is 1. The van der Waals surface area contributed by atoms with Crippen molar-refractivity contribution < 1.29 is 37.3 Å². The molecule has 2 aliphatic heterocycles. The zero-order valence-corrected chi connectivity index (χ0v) is 36.6. The molecular weight excluding hydrogens is 803 g/mol. The van der Waals surface area contributed by atoms with Crippen molar-refractivity contribution in [3.63, 3.8) is 0 Å². The first-order chi connectivity index (χ1) is 29.7. The van der Waals surface area contributed by atoms with Crippen LogP contribution in [0.25, 0.3) is 11.1 Å². The predicted octanol–water partition coefficient (Wildman–Crippen LogP) is 7.71. The fraction of sp³-hybridized carbons (Fsp3) is 0.360. The highest BCUT2D eigenvalue weighted by molar-refractivity contribution is 7.89. The minimum atomic E-state index is -3.99. The molecule has 0 aromatic heterocycles. The van der Waals surface area contributed by atoms with Gasteiger partial charge in [0.15, 0.2) is 6.29 Å². The predicted molar refractivity (Wildman–Crippen MR) is 238 cm³/mol. The number of carbonyl (C=O) groups excluding carboxylic acids is 2. The Balaban J connectivity index is 1.07. The van der Waals surface area contributed by atoms with Gasteiger partial charge in [-0.1, -0.05) is 109 Å². The van der Waals surface area contributed by atoms with Gasteiger partial charge in [-0.2, -0.15) is 4.72 Å². The van der Waals surface area contributed by atoms with Crippen LogP contribution in [-0.2, 0) is 53.4 Å². The van der Waals surface area contributed by atoms with E-state index in [1.165, 1.54) is 12.1 Å². The second-order valence-electron chi connectivity index (χ2n) is 17.3. The standard InChI is InChI=1S/C50H57N3O8S/c1-34-18-24-43(25-19-34)62(57,58)52-44(28-35-11-6-5-7-12-35)47(55)51-31-37-13-8-14-39(27-37)40-15-9-16-41(29-40)49-59-42(30-46(60-49)38-22-20-36(33-54)21-23-38)32-53-26-10-17-45(53)48(56)61-50(2,3)4/h5-9,11-16,18-25,27,29,42,44-46,49,52,54H,10,17,26,28,30-33H2,1-4H3,(H,51,55)/t42-,44+,45-,46+,49+/m0/s1. The Labute approximate surface area is 365 Å². The molecule has 5 atom stereocenters. The number of aryl methyl sites for hydroxylation is 1. The van der Waals surface area contributed by atoms with Crippen molar-refractivity contribution >= 4 is 21.9 Å². The number of nitrogens with zero attached hydrogens (tertiary/aromatic N) is 1. The lowest BCUT2D eigenvalue weighted by Gasteiger charge is -2.38. The van der Waals surface area contributed by atoms with Crippen LogP contribution in [0.15, 0.2) is 132 Å². The number of amides is 1. The minimum absolute atomic E-state index is 0.0492. The SMILES string of the molecule is Cc1ccc(S(=O)(=O)N[C@H](Cc2ccccc2)C(=O)NCc2cccc(-c3cccc([C@@H]4O[C@H](CN5CCC[C@H]5C(=O)OC(C)(C)C)C[C@H](c5ccc(CO)cc5)O4)c3)c2)cc1. The fourth-order valence-electron chi connectivity index (χ4n) is 8.02. The molecule has 0 spiro atoms. The van der Waals surface area contributed by atoms with Gasteiger partial charge >= 0.3 is 5.97 Å². The van der Waals surface area contributed by atoms with Gasteiger partial charge in [0.05, 0.1) is 23.7 Å². The van der Waals surface area contributed by atoms with E-state index in [0.29, 0.717) is 13.0 Å². The maximum atomic E-state index is 13.8. The molecular formula is C50H57N3O8S. The molecule has 62 heavy (non-hydrogen) atoms. The van der Waals surface area contributed by atoms with Crippen molar-refractivity contribution in [2.24, 2.45) is 0 Å². The van der Waals surface area contributed by atoms with Crippen LogP contribution >= 0.6 is 0 Å². The molecule has 0 bridgehead atoms. The van der Waals surface area contributed by atoms with Gasteiger partial charge in [0.1, 0.15) is 17.7 Å². The first kappa shape index (κ1) is 44.8. The monoisotopic (exact) mass is 859 g/mol. The molecule has 5 aromatic rings. The van der Waals surface area contributed by atoms with E-state index in [2.05, 4.69) is 14.9 Å². The summed E-state index contributed by atoms with van der Waals surface area (Å²) in [6, 6.07) is 38.1. The van der Waals surface area contributed by atoms with Crippen molar-refractivity contribution in [2.75, 3.05) is 13.1 Å². The highest BCUT2D eigenvalue weighted by atomic mass is 32.2. The average Bonchev–Trinajstić information content (AvgIpc) is 3.73. The summed E-state index contributed by atoms with van der Waals surface area (Å²) in [6.07, 6.45) is 1.15. The topological polar surface area (TPSA) is 144 Å². The van der Waals surface area contributed by atoms with E-state index in [-0.39, 0.29) is 48.7 Å². The number of ether oxygens (including phenoxy) is 3. The summed E-state index contributed by atoms with van der Waals surface area (Å²) in [5.74, 6) is -0.649. The number of likely N-dealkylation sites (tertiary alicyclic amines) is 1. The quantitative estimate of drug-likeness (QED) is 0.0903. The van der Waals surface area contributed by atoms with Gasteiger partial charge in [-0.15, -0.1) is 0 Å². The molecule has 11 nitrogen and oxygen atoms in total. The summed E-state index contributed by atoms with van der Waals surface area (Å²) >= 11 is 0. The molecule has 0 aliphatic carbocycles. The normalized spacial score (nSPS) is 20.1. The summed E-state index contributed by atoms with van der Waals surface area (Å²) < 4.78 is 48.7. The van der Waals surface area contributed by atoms with E-state index >= 15 is 0 Å². The molecule has 326 valence electrons. The van der Waals surface area contributed by atoms with Crippen molar-refractivity contribution in [1.82, 2.24) is 14.9 Å². The second-order valence-corrected chi connectivity index (χ2v) is 19.0. The van der Waals surface area contributed by atoms with Gasteiger partial charge in [0, 0.05) is 25.1 Å². The Morgan fingerprint density at radius 1 is 0.823 bits per heavy atom. The molecule has 12 heteroatoms. The lowest BCUT2D eigenvalue weighted by atomic mass is 9.98. The summed E-state index contributed by atoms with van der Waals surface area (Å²) in [4.78, 5) is 29.3. The minimum Gasteiger partial charge on any atom is -0.459 e. The van der Waals surface area contributed by atoms with Gasteiger partial charge in [-0.3, -0.25) is 14.5 Å². The van der Waals surface area contributed by atoms with Crippen LogP contribution in [0, 0.1) is 6.92 Å². The van der Waals surface area contributed by atoms with Crippen molar-refractivity contribution in [3.05, 3.63) is 161 Å². The number of nitrogens with one attached hydrogen (secondary N) is 2. The van der Waals surface area contributed by atoms with Crippen molar-refractivity contribution in [2.45, 2.75) is 108 Å². The molecule has 2 saturated heterocycles. The van der Waals surface area contributed by atoms with Crippen LogP contribution in [0.5, 0.6) is 0 Å². The smallest absolute Gasteiger partial charge is 0.323 e. The van der Waals surface area contributed by atoms with Crippen LogP contribution in [0.4, 0.5) is 0 Å². The van der Waals surface area contributed by atoms with Crippen LogP contribution in [-0.4, -0.2) is 67.2 Å². The van der Waals surface area contributed by atoms with Crippen LogP contribution < -0.4 is 10.0 Å². The Bertz CT molecular complexity index is 2400. The van der Waals surface area contributed by atoms with E-state index in [1.54, 1.807) is 12.1 Å². The summed E-state index contributed by atoms with van der Waals surface area (Å²) in [7, 11) is -3.99. The highest BCUT2D eigenvalue weighted by Crippen LogP contribution is 2.40. The Kier molecular flexibility index (Phi) is 14.4. The molecule has 0 unspecified atom stereocenters. The zero-order chi connectivity index (χ0) is 43.9. The van der Waals surface area contributed by atoms with E-state index < -0.39 is 33.9 Å². The molecule has 2 aliphatic rings. The number of hydrogen-bond donors (Lipinski definition) is 3. The zero-order valence-electron chi connectivity index (χ0n) is 35.8. The number of aliphatic hydroxyl groups excluding tert-OH is 1. The van der Waals surface area contributed by atoms with Gasteiger partial charge in [-0.25, -0.2) is 8.42 Å². The number of rotatable bonds is 15. The first-order valence-electron chi connectivity index (χ1n) is 21.3. The number of aliphatic hydroxyl groups is 1. The summed E-state index contributed by atoms with van der Waals surface area (Å²) in [5.41, 5.74) is 6.48. The first-order valence-corrected chi connectivity index (χ1v) is 22.8. The fourth-order valence-corrected chi connectivity index (χ4v) is 9.22. The summed E-state index contributed by atoms with van der Waals surface area (Å²) in [5, 5.41) is 12.7. The molecule has 0 radical (unpaired) electrons. The van der Waals surface area contributed by atoms with Crippen LogP contribution in [0.1, 0.15) is 85.8 Å². The molecule has 2 fully saturated rings. The van der Waals surface area contributed by atoms with E-state index in [4.69, 9.17) is 14.2 Å². The van der Waals surface area contributed by atoms with Gasteiger partial charge in [0.25, 0.3) is 0 Å². The average molecular weight is 860 g/mol. The maximum Gasteiger partial charge on any atom is 0.323 e. The third-order valence-corrected chi connectivity index (χ3v) is 12.7. The van der Waals surface area contributed by atoms with Gasteiger partial charge in [-0.05, 0) is 111 Å². The molecule has 7 rings (SSSR count). The maximum absolute atomic E-state index is 13.8. The van der Waals surface area contributed by atoms with E-state index in [0.717, 1.165) is 63.9 Å². The molecule has 2 heterocycles. The van der Waals surface area contributed by atoms with Gasteiger partial charge < -0.3 is 24.6 Å². The molecule has 3 N–H and O–H groups in total. The van der Waals surface area contributed by atoms with Crippen LogP contribution in [0.2, 0.25) is 0 Å². The number of esters is 1. The van der Waals surface area contributed by atoms with Crippen LogP contribution in [0.3, 0.4) is 0 Å². The largest absolute Gasteiger partial charge is 0.459 e. The third kappa shape index (κ3) is 11.8. The number of benzene rings is 5. The molecule has 5 aromatic carbocycles. The number of carbonyl (C=O) groups is 2. The molecule has 0 saturated carbocycles. The Morgan fingerprint density at radius 3 is 2.23 bits per heavy atom. The summed E-state index contributed by atoms with van der Waals surface area (Å²) in [6.45, 7) is 8.99. The van der Waals surface area contributed by atoms with Crippen molar-refractivity contribution in [3.8, 4) is 11.1 Å². The van der Waals surface area contributed by atoms with Crippen molar-refractivity contribution in [1.29, 1.82) is 0 Å². The van der Waals surface area contributed by atoms with Gasteiger partial charge in [0.2, 0.25) is 15.9 Å². The van der Waals surface area contributed by atoms with E-state index in [1.807, 2.05) is 131 Å². The molecule has 1 amide bonds. The Hall–Kier alpha value is -5.21. The highest BCUT2D eigenvalue weighted by Gasteiger charge is 2.39. The number of hydrogen-bond acceptors (Lipinski definition) is 9. The second kappa shape index (κ2) is 19.9. The van der Waals surface area contributed by atoms with E-state index in [9.17, 15) is 23.1 Å². The lowest BCUT2D eigenvalue weighted by molar-refractivity contribution is -0.253. The third-order valence-electron chi connectivity index (χ3n) is 11.2. The lowest BCUT2D eigenvalue weighted by Crippen LogP contribution is -2.47. The Morgan fingerprint density at radius 2 is 1.52 bits per heavy atom.